The van der Waals surface area contributed by atoms with E-state index in [4.69, 9.17) is 10.7 Å². The van der Waals surface area contributed by atoms with Crippen LogP contribution in [0.25, 0.3) is 0 Å². The van der Waals surface area contributed by atoms with Crippen molar-refractivity contribution in [2.24, 2.45) is 11.7 Å². The Morgan fingerprint density at radius 1 is 1.13 bits per heavy atom. The fourth-order valence-corrected chi connectivity index (χ4v) is 3.26. The van der Waals surface area contributed by atoms with Gasteiger partial charge in [0.15, 0.2) is 11.5 Å². The van der Waals surface area contributed by atoms with Crippen molar-refractivity contribution in [3.05, 3.63) is 46.9 Å². The van der Waals surface area contributed by atoms with Crippen molar-refractivity contribution >= 4 is 23.3 Å². The van der Waals surface area contributed by atoms with Crippen molar-refractivity contribution in [1.82, 2.24) is 20.6 Å². The number of nitrogens with two attached hydrogens (primary N) is 1. The minimum Gasteiger partial charge on any atom is -0.364 e. The molecule has 1 aromatic carbocycles. The van der Waals surface area contributed by atoms with Crippen LogP contribution in [0.3, 0.4) is 0 Å². The number of hydrogen-bond acceptors (Lipinski definition) is 6. The van der Waals surface area contributed by atoms with E-state index in [0.717, 1.165) is 29.1 Å². The molecule has 5 N–H and O–H groups in total. The van der Waals surface area contributed by atoms with Gasteiger partial charge in [0, 0.05) is 12.2 Å². The number of carbonyl (C=O) groups excluding carboxylic acids is 2. The number of aromatic nitrogens is 2. The van der Waals surface area contributed by atoms with E-state index in [1.165, 1.54) is 0 Å². The zero-order chi connectivity index (χ0) is 23.0. The number of carbonyl (C=O) groups is 2. The van der Waals surface area contributed by atoms with Gasteiger partial charge in [0.05, 0.1) is 17.9 Å². The first-order chi connectivity index (χ1) is 14.7. The molecule has 168 valence electrons. The van der Waals surface area contributed by atoms with Gasteiger partial charge < -0.3 is 21.7 Å². The van der Waals surface area contributed by atoms with Gasteiger partial charge in [-0.15, -0.1) is 0 Å². The third-order valence-corrected chi connectivity index (χ3v) is 4.88. The first kappa shape index (κ1) is 24.3. The third kappa shape index (κ3) is 7.03. The molecule has 0 radical (unpaired) electrons. The first-order valence-corrected chi connectivity index (χ1v) is 10.7. The van der Waals surface area contributed by atoms with E-state index in [2.05, 4.69) is 34.8 Å². The maximum Gasteiger partial charge on any atom is 0.271 e. The van der Waals surface area contributed by atoms with Crippen LogP contribution in [0.1, 0.15) is 61.1 Å². The van der Waals surface area contributed by atoms with Crippen LogP contribution in [0.15, 0.2) is 24.3 Å². The van der Waals surface area contributed by atoms with Gasteiger partial charge in [0.25, 0.3) is 5.91 Å². The van der Waals surface area contributed by atoms with Crippen molar-refractivity contribution in [3.8, 4) is 0 Å². The van der Waals surface area contributed by atoms with Crippen LogP contribution < -0.4 is 21.7 Å². The number of rotatable bonds is 11. The van der Waals surface area contributed by atoms with Gasteiger partial charge in [-0.2, -0.15) is 0 Å². The second kappa shape index (κ2) is 11.4. The summed E-state index contributed by atoms with van der Waals surface area (Å²) in [6.45, 7) is 9.10. The second-order valence-electron chi connectivity index (χ2n) is 8.12. The molecule has 1 heterocycles. The zero-order valence-corrected chi connectivity index (χ0v) is 19.1. The maximum atomic E-state index is 12.0. The summed E-state index contributed by atoms with van der Waals surface area (Å²) < 4.78 is 0. The highest BCUT2D eigenvalue weighted by molar-refractivity contribution is 5.96. The van der Waals surface area contributed by atoms with E-state index in [-0.39, 0.29) is 24.1 Å². The van der Waals surface area contributed by atoms with Crippen LogP contribution in [0.4, 0.5) is 11.5 Å². The number of likely N-dealkylation sites (N-methyl/N-ethyl adjacent to an activating group) is 1. The number of nitrogens with zero attached hydrogens (tertiary/aromatic N) is 2. The number of amides is 2. The highest BCUT2D eigenvalue weighted by Gasteiger charge is 2.18. The van der Waals surface area contributed by atoms with Crippen molar-refractivity contribution in [1.29, 1.82) is 0 Å². The summed E-state index contributed by atoms with van der Waals surface area (Å²) in [5.41, 5.74) is 9.24. The fraction of sp³-hybridized carbons (Fsp3) is 0.478. The van der Waals surface area contributed by atoms with Gasteiger partial charge >= 0.3 is 0 Å². The van der Waals surface area contributed by atoms with Crippen molar-refractivity contribution < 1.29 is 9.59 Å². The van der Waals surface area contributed by atoms with Gasteiger partial charge in [0.1, 0.15) is 0 Å². The molecular weight excluding hydrogens is 392 g/mol. The van der Waals surface area contributed by atoms with E-state index >= 15 is 0 Å². The highest BCUT2D eigenvalue weighted by Crippen LogP contribution is 2.24. The Morgan fingerprint density at radius 3 is 2.48 bits per heavy atom. The Labute approximate surface area is 184 Å². The smallest absolute Gasteiger partial charge is 0.271 e. The quantitative estimate of drug-likeness (QED) is 0.438. The fourth-order valence-electron chi connectivity index (χ4n) is 3.26. The Balaban J connectivity index is 2.28. The molecule has 31 heavy (non-hydrogen) atoms. The van der Waals surface area contributed by atoms with Crippen molar-refractivity contribution in [3.63, 3.8) is 0 Å². The number of nitrogens with one attached hydrogen (secondary N) is 3. The molecule has 0 aliphatic carbocycles. The molecule has 1 aromatic heterocycles. The van der Waals surface area contributed by atoms with E-state index in [1.807, 2.05) is 38.1 Å². The molecule has 0 saturated heterocycles. The van der Waals surface area contributed by atoms with Gasteiger partial charge in [-0.25, -0.2) is 9.97 Å². The summed E-state index contributed by atoms with van der Waals surface area (Å²) in [6.07, 6.45) is 1.45. The molecule has 0 fully saturated rings. The molecule has 1 atom stereocenters. The molecule has 0 unspecified atom stereocenters. The lowest BCUT2D eigenvalue weighted by Gasteiger charge is -2.17. The average Bonchev–Trinajstić information content (AvgIpc) is 2.72. The van der Waals surface area contributed by atoms with Gasteiger partial charge in [-0.3, -0.25) is 9.59 Å². The van der Waals surface area contributed by atoms with Gasteiger partial charge in [0.2, 0.25) is 5.91 Å². The molecule has 0 bridgehead atoms. The summed E-state index contributed by atoms with van der Waals surface area (Å²) in [6, 6.07) is 7.82. The number of hydrogen-bond donors (Lipinski definition) is 4. The van der Waals surface area contributed by atoms with E-state index in [1.54, 1.807) is 7.05 Å². The highest BCUT2D eigenvalue weighted by atomic mass is 16.2. The van der Waals surface area contributed by atoms with Crippen LogP contribution in [-0.2, 0) is 17.6 Å². The third-order valence-electron chi connectivity index (χ3n) is 4.88. The Hall–Kier alpha value is -3.00. The van der Waals surface area contributed by atoms with Crippen LogP contribution in [-0.4, -0.2) is 41.9 Å². The number of benzene rings is 1. The van der Waals surface area contributed by atoms with Crippen LogP contribution in [0.2, 0.25) is 0 Å². The Bertz CT molecular complexity index is 913. The second-order valence-corrected chi connectivity index (χ2v) is 8.12. The molecule has 2 aromatic rings. The summed E-state index contributed by atoms with van der Waals surface area (Å²) in [4.78, 5) is 33.0. The molecule has 8 heteroatoms. The van der Waals surface area contributed by atoms with Gasteiger partial charge in [-0.1, -0.05) is 39.8 Å². The molecular formula is C23H34N6O2. The minimum absolute atomic E-state index is 0.0429. The molecule has 0 aliphatic heterocycles. The predicted octanol–water partition coefficient (Wildman–Crippen LogP) is 2.52. The molecule has 0 spiro atoms. The zero-order valence-electron chi connectivity index (χ0n) is 19.1. The number of primary amides is 1. The van der Waals surface area contributed by atoms with Crippen molar-refractivity contribution in [2.45, 2.75) is 46.5 Å². The van der Waals surface area contributed by atoms with E-state index in [0.29, 0.717) is 24.7 Å². The maximum absolute atomic E-state index is 12.0. The topological polar surface area (TPSA) is 122 Å². The van der Waals surface area contributed by atoms with E-state index < -0.39 is 5.91 Å². The standard InChI is InChI=1S/C23H34N6O2/c1-6-18-19(10-14(2)3)29-23(21(28-18)22(24)31)27-17-9-7-8-16(11-17)15(4)12-26-20(30)13-25-5/h7-9,11,14-15,25H,6,10,12-13H2,1-5H3,(H2,24,31)(H,26,30)(H,27,29)/t15-/m0/s1. The monoisotopic (exact) mass is 426 g/mol. The molecule has 0 aliphatic rings. The van der Waals surface area contributed by atoms with Crippen LogP contribution in [0.5, 0.6) is 0 Å². The number of aryl methyl sites for hydroxylation is 1. The lowest BCUT2D eigenvalue weighted by atomic mass is 10.0. The molecule has 8 nitrogen and oxygen atoms in total. The Kier molecular flexibility index (Phi) is 8.93. The Morgan fingerprint density at radius 2 is 1.87 bits per heavy atom. The van der Waals surface area contributed by atoms with Crippen LogP contribution in [0, 0.1) is 5.92 Å². The summed E-state index contributed by atoms with van der Waals surface area (Å²) in [5.74, 6) is 0.237. The predicted molar refractivity (Wildman–Crippen MR) is 124 cm³/mol. The summed E-state index contributed by atoms with van der Waals surface area (Å²) in [7, 11) is 1.74. The lowest BCUT2D eigenvalue weighted by molar-refractivity contribution is -0.120. The summed E-state index contributed by atoms with van der Waals surface area (Å²) in [5, 5.41) is 8.97. The first-order valence-electron chi connectivity index (χ1n) is 10.7. The summed E-state index contributed by atoms with van der Waals surface area (Å²) >= 11 is 0. The average molecular weight is 427 g/mol. The SMILES string of the molecule is CCc1nc(C(N)=O)c(Nc2cccc([C@@H](C)CNC(=O)CNC)c2)nc1CC(C)C. The molecule has 2 rings (SSSR count). The normalized spacial score (nSPS) is 11.9. The van der Waals surface area contributed by atoms with E-state index in [9.17, 15) is 9.59 Å². The number of anilines is 2. The largest absolute Gasteiger partial charge is 0.364 e. The van der Waals surface area contributed by atoms with Crippen LogP contribution >= 0.6 is 0 Å². The van der Waals surface area contributed by atoms with Gasteiger partial charge in [-0.05, 0) is 49.4 Å². The molecule has 2 amide bonds. The lowest BCUT2D eigenvalue weighted by Crippen LogP contribution is -2.34. The molecule has 0 saturated carbocycles. The van der Waals surface area contributed by atoms with Crippen molar-refractivity contribution in [2.75, 3.05) is 25.5 Å². The minimum atomic E-state index is -0.613.